The van der Waals surface area contributed by atoms with Crippen LogP contribution in [0.1, 0.15) is 5.56 Å². The first kappa shape index (κ1) is 7.35. The number of hydrogen-bond donors (Lipinski definition) is 1. The molecule has 4 nitrogen and oxygen atoms in total. The maximum atomic E-state index is 8.55. The second-order valence-electron chi connectivity index (χ2n) is 1.92. The second-order valence-corrected chi connectivity index (χ2v) is 1.92. The summed E-state index contributed by atoms with van der Waals surface area (Å²) < 4.78 is 4.88. The molecule has 0 aliphatic rings. The molecule has 0 amide bonds. The molecule has 0 spiro atoms. The second kappa shape index (κ2) is 2.88. The zero-order valence-electron chi connectivity index (χ0n) is 6.03. The van der Waals surface area contributed by atoms with Crippen LogP contribution in [0.4, 0.5) is 5.69 Å². The topological polar surface area (TPSA) is 71.9 Å². The number of aromatic nitrogens is 1. The highest BCUT2D eigenvalue weighted by Gasteiger charge is 2.04. The summed E-state index contributed by atoms with van der Waals surface area (Å²) in [6.45, 7) is 0. The van der Waals surface area contributed by atoms with Crippen molar-refractivity contribution < 1.29 is 4.74 Å². The molecule has 1 aromatic heterocycles. The third-order valence-electron chi connectivity index (χ3n) is 1.25. The number of hydrogen-bond acceptors (Lipinski definition) is 4. The largest absolute Gasteiger partial charge is 0.493 e. The van der Waals surface area contributed by atoms with E-state index in [0.717, 1.165) is 0 Å². The Morgan fingerprint density at radius 3 is 2.82 bits per heavy atom. The number of nitrogens with zero attached hydrogens (tertiary/aromatic N) is 2. The monoisotopic (exact) mass is 149 g/mol. The highest BCUT2D eigenvalue weighted by atomic mass is 16.5. The molecule has 2 N–H and O–H groups in total. The summed E-state index contributed by atoms with van der Waals surface area (Å²) in [6.07, 6.45) is 2.86. The Labute approximate surface area is 64.2 Å². The molecule has 0 aliphatic carbocycles. The van der Waals surface area contributed by atoms with E-state index >= 15 is 0 Å². The first-order valence-corrected chi connectivity index (χ1v) is 2.97. The van der Waals surface area contributed by atoms with Crippen molar-refractivity contribution in [3.05, 3.63) is 18.0 Å². The third-order valence-corrected chi connectivity index (χ3v) is 1.25. The van der Waals surface area contributed by atoms with Gasteiger partial charge in [0.2, 0.25) is 0 Å². The molecule has 1 heterocycles. The predicted molar refractivity (Wildman–Crippen MR) is 39.9 cm³/mol. The number of nitrogens with two attached hydrogens (primary N) is 1. The number of pyridine rings is 1. The van der Waals surface area contributed by atoms with Crippen LogP contribution in [0.25, 0.3) is 0 Å². The smallest absolute Gasteiger partial charge is 0.162 e. The molecule has 4 heteroatoms. The molecular weight excluding hydrogens is 142 g/mol. The van der Waals surface area contributed by atoms with Gasteiger partial charge < -0.3 is 10.5 Å². The van der Waals surface area contributed by atoms with Crippen LogP contribution >= 0.6 is 0 Å². The van der Waals surface area contributed by atoms with Crippen molar-refractivity contribution in [2.75, 3.05) is 12.8 Å². The summed E-state index contributed by atoms with van der Waals surface area (Å²) in [5.74, 6) is 0.391. The molecule has 1 aromatic rings. The summed E-state index contributed by atoms with van der Waals surface area (Å²) >= 11 is 0. The zero-order chi connectivity index (χ0) is 8.27. The summed E-state index contributed by atoms with van der Waals surface area (Å²) in [7, 11) is 1.46. The first-order chi connectivity index (χ1) is 5.29. The van der Waals surface area contributed by atoms with Gasteiger partial charge in [0.15, 0.2) is 5.75 Å². The normalized spacial score (nSPS) is 8.73. The quantitative estimate of drug-likeness (QED) is 0.632. The molecule has 56 valence electrons. The van der Waals surface area contributed by atoms with Crippen LogP contribution < -0.4 is 10.5 Å². The van der Waals surface area contributed by atoms with E-state index < -0.39 is 0 Å². The van der Waals surface area contributed by atoms with Crippen LogP contribution in [0.2, 0.25) is 0 Å². The molecule has 0 aliphatic heterocycles. The summed E-state index contributed by atoms with van der Waals surface area (Å²) in [5, 5.41) is 8.55. The standard InChI is InChI=1S/C7H7N3O/c1-11-7-5(2-8)3-10-4-6(7)9/h3-4H,9H2,1H3. The van der Waals surface area contributed by atoms with Crippen LogP contribution in [-0.2, 0) is 0 Å². The van der Waals surface area contributed by atoms with E-state index in [2.05, 4.69) is 4.98 Å². The molecule has 0 fully saturated rings. The molecule has 0 saturated heterocycles. The van der Waals surface area contributed by atoms with Crippen molar-refractivity contribution in [2.24, 2.45) is 0 Å². The van der Waals surface area contributed by atoms with Crippen molar-refractivity contribution in [2.45, 2.75) is 0 Å². The van der Waals surface area contributed by atoms with Gasteiger partial charge in [0.05, 0.1) is 19.0 Å². The molecule has 0 unspecified atom stereocenters. The Morgan fingerprint density at radius 1 is 1.64 bits per heavy atom. The lowest BCUT2D eigenvalue weighted by molar-refractivity contribution is 0.415. The van der Waals surface area contributed by atoms with E-state index in [-0.39, 0.29) is 0 Å². The van der Waals surface area contributed by atoms with E-state index in [1.54, 1.807) is 0 Å². The van der Waals surface area contributed by atoms with Crippen molar-refractivity contribution in [1.82, 2.24) is 4.98 Å². The van der Waals surface area contributed by atoms with Gasteiger partial charge in [-0.25, -0.2) is 0 Å². The Bertz CT molecular complexity index is 303. The van der Waals surface area contributed by atoms with E-state index in [4.69, 9.17) is 15.7 Å². The fourth-order valence-corrected chi connectivity index (χ4v) is 0.772. The van der Waals surface area contributed by atoms with E-state index in [1.165, 1.54) is 19.5 Å². The number of methoxy groups -OCH3 is 1. The van der Waals surface area contributed by atoms with Gasteiger partial charge >= 0.3 is 0 Å². The van der Waals surface area contributed by atoms with Crippen molar-refractivity contribution in [1.29, 1.82) is 5.26 Å². The highest BCUT2D eigenvalue weighted by Crippen LogP contribution is 2.22. The first-order valence-electron chi connectivity index (χ1n) is 2.97. The fourth-order valence-electron chi connectivity index (χ4n) is 0.772. The van der Waals surface area contributed by atoms with Crippen LogP contribution in [0.15, 0.2) is 12.4 Å². The van der Waals surface area contributed by atoms with Crippen LogP contribution in [-0.4, -0.2) is 12.1 Å². The van der Waals surface area contributed by atoms with Gasteiger partial charge in [-0.15, -0.1) is 0 Å². The van der Waals surface area contributed by atoms with E-state index in [9.17, 15) is 0 Å². The summed E-state index contributed by atoms with van der Waals surface area (Å²) in [6, 6.07) is 1.92. The molecule has 1 rings (SSSR count). The van der Waals surface area contributed by atoms with E-state index in [0.29, 0.717) is 17.0 Å². The zero-order valence-corrected chi connectivity index (χ0v) is 6.03. The number of anilines is 1. The Kier molecular flexibility index (Phi) is 1.93. The minimum absolute atomic E-state index is 0.354. The van der Waals surface area contributed by atoms with Gasteiger partial charge in [-0.05, 0) is 0 Å². The molecule has 0 saturated carbocycles. The average molecular weight is 149 g/mol. The fraction of sp³-hybridized carbons (Fsp3) is 0.143. The Morgan fingerprint density at radius 2 is 2.36 bits per heavy atom. The Balaban J connectivity index is 3.27. The Hall–Kier alpha value is -1.76. The summed E-state index contributed by atoms with van der Waals surface area (Å²) in [5.41, 5.74) is 6.20. The number of rotatable bonds is 1. The molecule has 0 radical (unpaired) electrons. The minimum Gasteiger partial charge on any atom is -0.493 e. The van der Waals surface area contributed by atoms with Crippen molar-refractivity contribution in [3.8, 4) is 11.8 Å². The molecular formula is C7H7N3O. The lowest BCUT2D eigenvalue weighted by atomic mass is 10.2. The van der Waals surface area contributed by atoms with Gasteiger partial charge in [-0.3, -0.25) is 4.98 Å². The predicted octanol–water partition coefficient (Wildman–Crippen LogP) is 0.544. The minimum atomic E-state index is 0.354. The molecule has 0 aromatic carbocycles. The number of ether oxygens (including phenoxy) is 1. The average Bonchev–Trinajstić information content (AvgIpc) is 2.04. The third kappa shape index (κ3) is 1.22. The number of nitriles is 1. The van der Waals surface area contributed by atoms with Gasteiger partial charge in [-0.1, -0.05) is 0 Å². The molecule has 0 atom stereocenters. The maximum Gasteiger partial charge on any atom is 0.162 e. The van der Waals surface area contributed by atoms with Crippen molar-refractivity contribution >= 4 is 5.69 Å². The van der Waals surface area contributed by atoms with Gasteiger partial charge in [0, 0.05) is 6.20 Å². The number of nitrogen functional groups attached to an aromatic ring is 1. The van der Waals surface area contributed by atoms with Gasteiger partial charge in [-0.2, -0.15) is 5.26 Å². The van der Waals surface area contributed by atoms with Crippen LogP contribution in [0.5, 0.6) is 5.75 Å². The van der Waals surface area contributed by atoms with E-state index in [1.807, 2.05) is 6.07 Å². The molecule has 0 bridgehead atoms. The molecule has 11 heavy (non-hydrogen) atoms. The highest BCUT2D eigenvalue weighted by molar-refractivity contribution is 5.58. The van der Waals surface area contributed by atoms with Gasteiger partial charge in [0.25, 0.3) is 0 Å². The summed E-state index contributed by atoms with van der Waals surface area (Å²) in [4.78, 5) is 3.74. The SMILES string of the molecule is COc1c(N)cncc1C#N. The lowest BCUT2D eigenvalue weighted by Crippen LogP contribution is -1.95. The lowest BCUT2D eigenvalue weighted by Gasteiger charge is -2.03. The maximum absolute atomic E-state index is 8.55. The van der Waals surface area contributed by atoms with Crippen molar-refractivity contribution in [3.63, 3.8) is 0 Å². The van der Waals surface area contributed by atoms with Crippen LogP contribution in [0.3, 0.4) is 0 Å². The van der Waals surface area contributed by atoms with Crippen LogP contribution in [0, 0.1) is 11.3 Å². The van der Waals surface area contributed by atoms with Gasteiger partial charge in [0.1, 0.15) is 11.6 Å².